The molecule has 30 heavy (non-hydrogen) atoms. The van der Waals surface area contributed by atoms with Crippen LogP contribution in [-0.2, 0) is 20.2 Å². The molecule has 1 N–H and O–H groups in total. The number of anilines is 1. The van der Waals surface area contributed by atoms with Crippen molar-refractivity contribution in [3.63, 3.8) is 0 Å². The summed E-state index contributed by atoms with van der Waals surface area (Å²) >= 11 is 0. The number of carbonyl (C=O) groups excluding carboxylic acids is 1. The van der Waals surface area contributed by atoms with E-state index in [1.807, 2.05) is 37.3 Å². The van der Waals surface area contributed by atoms with E-state index < -0.39 is 33.6 Å². The van der Waals surface area contributed by atoms with E-state index in [1.54, 1.807) is 0 Å². The third kappa shape index (κ3) is 5.78. The van der Waals surface area contributed by atoms with Crippen molar-refractivity contribution in [3.05, 3.63) is 65.7 Å². The van der Waals surface area contributed by atoms with E-state index in [-0.39, 0.29) is 17.1 Å². The molecular formula is C22H28F2N2O3S. The normalized spacial score (nSPS) is 14.1. The van der Waals surface area contributed by atoms with Gasteiger partial charge in [0.1, 0.15) is 6.04 Å². The Morgan fingerprint density at radius 3 is 2.20 bits per heavy atom. The third-order valence-electron chi connectivity index (χ3n) is 5.01. The number of rotatable bonds is 8. The zero-order valence-corrected chi connectivity index (χ0v) is 18.6. The van der Waals surface area contributed by atoms with Crippen molar-refractivity contribution in [2.24, 2.45) is 0 Å². The second-order valence-corrected chi connectivity index (χ2v) is 10.1. The van der Waals surface area contributed by atoms with Crippen molar-refractivity contribution in [1.82, 2.24) is 5.32 Å². The highest BCUT2D eigenvalue weighted by Gasteiger charge is 2.31. The van der Waals surface area contributed by atoms with Gasteiger partial charge in [0.05, 0.1) is 11.9 Å². The lowest BCUT2D eigenvalue weighted by molar-refractivity contribution is -0.122. The van der Waals surface area contributed by atoms with Gasteiger partial charge in [-0.2, -0.15) is 0 Å². The summed E-state index contributed by atoms with van der Waals surface area (Å²) in [5.74, 6) is -2.81. The van der Waals surface area contributed by atoms with Crippen LogP contribution in [0.3, 0.4) is 0 Å². The zero-order valence-electron chi connectivity index (χ0n) is 17.8. The molecule has 0 unspecified atom stereocenters. The lowest BCUT2D eigenvalue weighted by Crippen LogP contribution is -2.50. The van der Waals surface area contributed by atoms with Crippen molar-refractivity contribution in [1.29, 1.82) is 0 Å². The van der Waals surface area contributed by atoms with Crippen LogP contribution in [0.1, 0.15) is 39.7 Å². The average molecular weight is 439 g/mol. The molecule has 5 nitrogen and oxygen atoms in total. The van der Waals surface area contributed by atoms with Gasteiger partial charge in [-0.15, -0.1) is 0 Å². The summed E-state index contributed by atoms with van der Waals surface area (Å²) < 4.78 is 52.3. The Labute approximate surface area is 177 Å². The lowest BCUT2D eigenvalue weighted by Gasteiger charge is -2.32. The van der Waals surface area contributed by atoms with Crippen LogP contribution in [0.5, 0.6) is 0 Å². The van der Waals surface area contributed by atoms with Gasteiger partial charge in [0.25, 0.3) is 0 Å². The lowest BCUT2D eigenvalue weighted by atomic mass is 9.79. The van der Waals surface area contributed by atoms with Gasteiger partial charge < -0.3 is 5.32 Å². The fraction of sp³-hybridized carbons (Fsp3) is 0.409. The maximum absolute atomic E-state index is 13.7. The van der Waals surface area contributed by atoms with Gasteiger partial charge in [-0.05, 0) is 43.4 Å². The first-order valence-corrected chi connectivity index (χ1v) is 11.5. The highest BCUT2D eigenvalue weighted by molar-refractivity contribution is 7.92. The third-order valence-corrected chi connectivity index (χ3v) is 6.25. The Morgan fingerprint density at radius 2 is 1.67 bits per heavy atom. The van der Waals surface area contributed by atoms with E-state index in [0.29, 0.717) is 6.42 Å². The number of nitrogens with one attached hydrogen (secondary N) is 1. The minimum absolute atomic E-state index is 0.115. The van der Waals surface area contributed by atoms with Gasteiger partial charge in [-0.25, -0.2) is 17.2 Å². The Hall–Kier alpha value is -2.48. The van der Waals surface area contributed by atoms with Crippen LogP contribution in [0.2, 0.25) is 0 Å². The van der Waals surface area contributed by atoms with Crippen molar-refractivity contribution in [3.8, 4) is 0 Å². The molecule has 2 rings (SSSR count). The number of sulfonamides is 1. The molecule has 8 heteroatoms. The van der Waals surface area contributed by atoms with Gasteiger partial charge in [0.2, 0.25) is 15.9 Å². The van der Waals surface area contributed by atoms with Crippen molar-refractivity contribution in [2.75, 3.05) is 10.6 Å². The maximum Gasteiger partial charge on any atom is 0.243 e. The molecule has 0 aromatic heterocycles. The molecule has 1 amide bonds. The first-order chi connectivity index (χ1) is 13.8. The highest BCUT2D eigenvalue weighted by Crippen LogP contribution is 2.28. The summed E-state index contributed by atoms with van der Waals surface area (Å²) in [6, 6.07) is 11.2. The molecule has 0 aliphatic carbocycles. The summed E-state index contributed by atoms with van der Waals surface area (Å²) in [5, 5.41) is 2.84. The van der Waals surface area contributed by atoms with Gasteiger partial charge in [0, 0.05) is 12.1 Å². The Morgan fingerprint density at radius 1 is 1.07 bits per heavy atom. The number of nitrogens with zero attached hydrogens (tertiary/aromatic N) is 1. The fourth-order valence-corrected chi connectivity index (χ4v) is 4.78. The Bertz CT molecular complexity index is 995. The summed E-state index contributed by atoms with van der Waals surface area (Å²) in [6.07, 6.45) is 1.54. The summed E-state index contributed by atoms with van der Waals surface area (Å²) in [7, 11) is -3.92. The Balaban J connectivity index is 2.18. The number of halogens is 2. The molecule has 0 spiro atoms. The second-order valence-electron chi connectivity index (χ2n) is 8.20. The van der Waals surface area contributed by atoms with E-state index in [1.165, 1.54) is 6.92 Å². The van der Waals surface area contributed by atoms with E-state index in [0.717, 1.165) is 34.3 Å². The van der Waals surface area contributed by atoms with Gasteiger partial charge >= 0.3 is 0 Å². The summed E-state index contributed by atoms with van der Waals surface area (Å²) in [5.41, 5.74) is 0.795. The predicted octanol–water partition coefficient (Wildman–Crippen LogP) is 3.99. The molecule has 0 fully saturated rings. The molecule has 0 saturated heterocycles. The molecule has 2 atom stereocenters. The Kier molecular flexibility index (Phi) is 7.23. The summed E-state index contributed by atoms with van der Waals surface area (Å²) in [4.78, 5) is 12.8. The van der Waals surface area contributed by atoms with E-state index >= 15 is 0 Å². The standard InChI is InChI=1S/C22H28F2N2O3S/c1-15(14-22(3,4)17-9-7-6-8-10-17)25-21(27)16(2)26(30(5,28)29)18-11-12-19(23)20(24)13-18/h6-13,15-16H,14H2,1-5H3,(H,25,27)/t15-,16-/m0/s1. The second kappa shape index (κ2) is 9.12. The van der Waals surface area contributed by atoms with Crippen LogP contribution in [-0.4, -0.2) is 32.7 Å². The number of hydrogen-bond donors (Lipinski definition) is 1. The number of carbonyl (C=O) groups is 1. The van der Waals surface area contributed by atoms with Crippen LogP contribution in [0.4, 0.5) is 14.5 Å². The topological polar surface area (TPSA) is 66.5 Å². The van der Waals surface area contributed by atoms with Gasteiger partial charge in [-0.3, -0.25) is 9.10 Å². The molecule has 0 bridgehead atoms. The van der Waals surface area contributed by atoms with E-state index in [9.17, 15) is 22.0 Å². The van der Waals surface area contributed by atoms with Crippen LogP contribution >= 0.6 is 0 Å². The van der Waals surface area contributed by atoms with Crippen LogP contribution in [0, 0.1) is 11.6 Å². The minimum atomic E-state index is -3.92. The smallest absolute Gasteiger partial charge is 0.243 e. The van der Waals surface area contributed by atoms with Crippen LogP contribution in [0.15, 0.2) is 48.5 Å². The molecule has 0 saturated carbocycles. The minimum Gasteiger partial charge on any atom is -0.352 e. The maximum atomic E-state index is 13.7. The largest absolute Gasteiger partial charge is 0.352 e. The molecule has 0 heterocycles. The van der Waals surface area contributed by atoms with Crippen molar-refractivity contribution in [2.45, 2.75) is 51.6 Å². The molecule has 0 aliphatic heterocycles. The molecule has 0 aliphatic rings. The number of hydrogen-bond acceptors (Lipinski definition) is 3. The van der Waals surface area contributed by atoms with Crippen LogP contribution < -0.4 is 9.62 Å². The van der Waals surface area contributed by atoms with Gasteiger partial charge in [-0.1, -0.05) is 44.2 Å². The van der Waals surface area contributed by atoms with Crippen molar-refractivity contribution >= 4 is 21.6 Å². The quantitative estimate of drug-likeness (QED) is 0.678. The molecule has 164 valence electrons. The monoisotopic (exact) mass is 438 g/mol. The SMILES string of the molecule is C[C@@H](CC(C)(C)c1ccccc1)NC(=O)[C@H](C)N(c1ccc(F)c(F)c1)S(C)(=O)=O. The van der Waals surface area contributed by atoms with E-state index in [4.69, 9.17) is 0 Å². The fourth-order valence-electron chi connectivity index (χ4n) is 3.62. The first kappa shape index (κ1) is 23.8. The molecule has 0 radical (unpaired) electrons. The highest BCUT2D eigenvalue weighted by atomic mass is 32.2. The number of amides is 1. The van der Waals surface area contributed by atoms with Crippen LogP contribution in [0.25, 0.3) is 0 Å². The van der Waals surface area contributed by atoms with E-state index in [2.05, 4.69) is 19.2 Å². The predicted molar refractivity (Wildman–Crippen MR) is 115 cm³/mol. The molecular weight excluding hydrogens is 410 g/mol. The number of benzene rings is 2. The zero-order chi connectivity index (χ0) is 22.7. The van der Waals surface area contributed by atoms with Gasteiger partial charge in [0.15, 0.2) is 11.6 Å². The molecule has 2 aromatic carbocycles. The summed E-state index contributed by atoms with van der Waals surface area (Å²) in [6.45, 7) is 7.39. The first-order valence-electron chi connectivity index (χ1n) is 9.63. The average Bonchev–Trinajstić information content (AvgIpc) is 2.63. The molecule has 2 aromatic rings. The van der Waals surface area contributed by atoms with Crippen molar-refractivity contribution < 1.29 is 22.0 Å².